The summed E-state index contributed by atoms with van der Waals surface area (Å²) in [6.45, 7) is 0.473. The molecule has 0 aliphatic carbocycles. The first-order valence-electron chi connectivity index (χ1n) is 9.55. The molecule has 0 aliphatic heterocycles. The van der Waals surface area contributed by atoms with Gasteiger partial charge < -0.3 is 9.88 Å². The summed E-state index contributed by atoms with van der Waals surface area (Å²) in [7, 11) is 0. The van der Waals surface area contributed by atoms with E-state index in [-0.39, 0.29) is 5.91 Å². The minimum atomic E-state index is -0.00191. The van der Waals surface area contributed by atoms with Gasteiger partial charge in [-0.3, -0.25) is 4.79 Å². The van der Waals surface area contributed by atoms with Crippen LogP contribution in [0, 0.1) is 0 Å². The Balaban J connectivity index is 1.40. The van der Waals surface area contributed by atoms with Gasteiger partial charge in [-0.05, 0) is 42.0 Å². The van der Waals surface area contributed by atoms with Crippen molar-refractivity contribution in [1.82, 2.24) is 19.7 Å². The summed E-state index contributed by atoms with van der Waals surface area (Å²) in [6.07, 6.45) is 5.88. The van der Waals surface area contributed by atoms with E-state index in [1.807, 2.05) is 90.0 Å². The third kappa shape index (κ3) is 4.96. The number of nitrogens with zero attached hydrogens (tertiary/aromatic N) is 3. The van der Waals surface area contributed by atoms with Crippen molar-refractivity contribution in [2.75, 3.05) is 5.75 Å². The van der Waals surface area contributed by atoms with Gasteiger partial charge in [-0.15, -0.1) is 11.8 Å². The van der Waals surface area contributed by atoms with Gasteiger partial charge >= 0.3 is 0 Å². The molecule has 1 N–H and O–H groups in total. The van der Waals surface area contributed by atoms with Gasteiger partial charge in [0.25, 0.3) is 0 Å². The highest BCUT2D eigenvalue weighted by atomic mass is 35.5. The van der Waals surface area contributed by atoms with Crippen LogP contribution < -0.4 is 5.32 Å². The SMILES string of the molecule is O=C(CSCc1cnn(-c2ccccc2)c1-n1cccc1)NCc1cccc(Cl)c1. The monoisotopic (exact) mass is 436 g/mol. The number of rotatable bonds is 8. The van der Waals surface area contributed by atoms with Crippen molar-refractivity contribution in [2.45, 2.75) is 12.3 Å². The Morgan fingerprint density at radius 2 is 1.83 bits per heavy atom. The molecule has 0 atom stereocenters. The molecule has 2 aromatic heterocycles. The van der Waals surface area contributed by atoms with Crippen molar-refractivity contribution in [2.24, 2.45) is 0 Å². The molecule has 30 heavy (non-hydrogen) atoms. The molecule has 4 aromatic rings. The van der Waals surface area contributed by atoms with E-state index in [1.165, 1.54) is 0 Å². The zero-order valence-corrected chi connectivity index (χ0v) is 17.8. The van der Waals surface area contributed by atoms with E-state index < -0.39 is 0 Å². The number of thioether (sulfide) groups is 1. The molecular formula is C23H21ClN4OS. The number of benzene rings is 2. The minimum Gasteiger partial charge on any atom is -0.351 e. The maximum absolute atomic E-state index is 12.2. The van der Waals surface area contributed by atoms with E-state index in [0.717, 1.165) is 22.6 Å². The van der Waals surface area contributed by atoms with Crippen LogP contribution in [0.3, 0.4) is 0 Å². The van der Waals surface area contributed by atoms with E-state index in [2.05, 4.69) is 15.0 Å². The molecule has 0 aliphatic rings. The molecule has 0 saturated heterocycles. The van der Waals surface area contributed by atoms with Crippen molar-refractivity contribution in [1.29, 1.82) is 0 Å². The molecule has 1 amide bonds. The highest BCUT2D eigenvalue weighted by molar-refractivity contribution is 7.99. The second-order valence-corrected chi connectivity index (χ2v) is 8.15. The predicted octanol–water partition coefficient (Wildman–Crippen LogP) is 4.87. The van der Waals surface area contributed by atoms with E-state index in [4.69, 9.17) is 11.6 Å². The van der Waals surface area contributed by atoms with Crippen molar-refractivity contribution in [3.8, 4) is 11.5 Å². The Labute approximate surface area is 184 Å². The van der Waals surface area contributed by atoms with Crippen LogP contribution in [-0.2, 0) is 17.1 Å². The lowest BCUT2D eigenvalue weighted by atomic mass is 10.2. The summed E-state index contributed by atoms with van der Waals surface area (Å²) in [5.41, 5.74) is 3.05. The van der Waals surface area contributed by atoms with Gasteiger partial charge in [0, 0.05) is 35.3 Å². The van der Waals surface area contributed by atoms with Gasteiger partial charge in [-0.25, -0.2) is 4.68 Å². The highest BCUT2D eigenvalue weighted by Gasteiger charge is 2.14. The third-order valence-corrected chi connectivity index (χ3v) is 5.75. The number of hydrogen-bond donors (Lipinski definition) is 1. The number of carbonyl (C=O) groups excluding carboxylic acids is 1. The number of aromatic nitrogens is 3. The molecule has 2 aromatic carbocycles. The lowest BCUT2D eigenvalue weighted by Crippen LogP contribution is -2.24. The molecule has 0 spiro atoms. The normalized spacial score (nSPS) is 10.8. The fourth-order valence-corrected chi connectivity index (χ4v) is 4.17. The maximum Gasteiger partial charge on any atom is 0.230 e. The smallest absolute Gasteiger partial charge is 0.230 e. The summed E-state index contributed by atoms with van der Waals surface area (Å²) in [6, 6.07) is 21.5. The predicted molar refractivity (Wildman–Crippen MR) is 122 cm³/mol. The number of nitrogens with one attached hydrogen (secondary N) is 1. The molecular weight excluding hydrogens is 416 g/mol. The molecule has 2 heterocycles. The average Bonchev–Trinajstić information content (AvgIpc) is 3.43. The molecule has 152 valence electrons. The first-order valence-corrected chi connectivity index (χ1v) is 11.1. The van der Waals surface area contributed by atoms with Crippen LogP contribution in [-0.4, -0.2) is 26.0 Å². The lowest BCUT2D eigenvalue weighted by Gasteiger charge is -2.11. The molecule has 7 heteroatoms. The summed E-state index contributed by atoms with van der Waals surface area (Å²) in [5.74, 6) is 2.05. The number of para-hydroxylation sites is 1. The molecule has 5 nitrogen and oxygen atoms in total. The van der Waals surface area contributed by atoms with E-state index in [9.17, 15) is 4.79 Å². The standard InChI is InChI=1S/C23H21ClN4OS/c24-20-8-6-7-18(13-20)14-25-22(29)17-30-16-19-15-26-28(21-9-2-1-3-10-21)23(19)27-11-4-5-12-27/h1-13,15H,14,16-17H2,(H,25,29). The van der Waals surface area contributed by atoms with Crippen LogP contribution in [0.4, 0.5) is 0 Å². The molecule has 0 saturated carbocycles. The quantitative estimate of drug-likeness (QED) is 0.429. The van der Waals surface area contributed by atoms with Gasteiger partial charge in [0.2, 0.25) is 5.91 Å². The van der Waals surface area contributed by atoms with Crippen molar-refractivity contribution in [3.05, 3.63) is 101 Å². The van der Waals surface area contributed by atoms with Crippen LogP contribution in [0.5, 0.6) is 0 Å². The Kier molecular flexibility index (Phi) is 6.57. The van der Waals surface area contributed by atoms with Crippen LogP contribution in [0.25, 0.3) is 11.5 Å². The van der Waals surface area contributed by atoms with Crippen LogP contribution >= 0.6 is 23.4 Å². The first-order chi connectivity index (χ1) is 14.7. The van der Waals surface area contributed by atoms with Crippen LogP contribution in [0.2, 0.25) is 5.02 Å². The zero-order valence-electron chi connectivity index (χ0n) is 16.2. The first kappa shape index (κ1) is 20.3. The second-order valence-electron chi connectivity index (χ2n) is 6.73. The fourth-order valence-electron chi connectivity index (χ4n) is 3.14. The second kappa shape index (κ2) is 9.69. The molecule has 0 bridgehead atoms. The molecule has 0 fully saturated rings. The van der Waals surface area contributed by atoms with E-state index >= 15 is 0 Å². The zero-order chi connectivity index (χ0) is 20.8. The summed E-state index contributed by atoms with van der Waals surface area (Å²) in [4.78, 5) is 12.2. The Hall–Kier alpha value is -2.96. The largest absolute Gasteiger partial charge is 0.351 e. The van der Waals surface area contributed by atoms with Gasteiger partial charge in [-0.2, -0.15) is 5.10 Å². The van der Waals surface area contributed by atoms with Crippen molar-refractivity contribution in [3.63, 3.8) is 0 Å². The third-order valence-electron chi connectivity index (χ3n) is 4.54. The number of carbonyl (C=O) groups is 1. The number of hydrogen-bond acceptors (Lipinski definition) is 3. The highest BCUT2D eigenvalue weighted by Crippen LogP contribution is 2.23. The van der Waals surface area contributed by atoms with Crippen molar-refractivity contribution < 1.29 is 4.79 Å². The Bertz CT molecular complexity index is 1110. The van der Waals surface area contributed by atoms with E-state index in [0.29, 0.717) is 23.1 Å². The van der Waals surface area contributed by atoms with Crippen LogP contribution in [0.15, 0.2) is 85.3 Å². The Morgan fingerprint density at radius 1 is 1.03 bits per heavy atom. The van der Waals surface area contributed by atoms with E-state index in [1.54, 1.807) is 11.8 Å². The molecule has 0 unspecified atom stereocenters. The van der Waals surface area contributed by atoms with Gasteiger partial charge in [0.15, 0.2) is 0 Å². The minimum absolute atomic E-state index is 0.00191. The summed E-state index contributed by atoms with van der Waals surface area (Å²) >= 11 is 7.56. The number of halogens is 1. The summed E-state index contributed by atoms with van der Waals surface area (Å²) < 4.78 is 3.98. The lowest BCUT2D eigenvalue weighted by molar-refractivity contribution is -0.118. The average molecular weight is 437 g/mol. The number of amides is 1. The van der Waals surface area contributed by atoms with Crippen LogP contribution in [0.1, 0.15) is 11.1 Å². The van der Waals surface area contributed by atoms with Crippen molar-refractivity contribution >= 4 is 29.3 Å². The summed E-state index contributed by atoms with van der Waals surface area (Å²) in [5, 5.41) is 8.21. The molecule has 0 radical (unpaired) electrons. The van der Waals surface area contributed by atoms with Gasteiger partial charge in [-0.1, -0.05) is 41.9 Å². The maximum atomic E-state index is 12.2. The molecule has 4 rings (SSSR count). The Morgan fingerprint density at radius 3 is 2.60 bits per heavy atom. The fraction of sp³-hybridized carbons (Fsp3) is 0.130. The van der Waals surface area contributed by atoms with Gasteiger partial charge in [0.05, 0.1) is 17.6 Å². The topological polar surface area (TPSA) is 51.9 Å². The van der Waals surface area contributed by atoms with Gasteiger partial charge in [0.1, 0.15) is 5.82 Å².